The lowest BCUT2D eigenvalue weighted by Crippen LogP contribution is -2.62. The van der Waals surface area contributed by atoms with Crippen LogP contribution < -0.4 is 16.1 Å². The van der Waals surface area contributed by atoms with Crippen LogP contribution in [-0.2, 0) is 16.1 Å². The number of anilines is 1. The van der Waals surface area contributed by atoms with Crippen LogP contribution in [0.3, 0.4) is 0 Å². The number of hydrogen-bond donors (Lipinski definition) is 2. The Hall–Kier alpha value is -4.41. The van der Waals surface area contributed by atoms with E-state index in [2.05, 4.69) is 28.0 Å². The van der Waals surface area contributed by atoms with E-state index in [9.17, 15) is 19.2 Å². The van der Waals surface area contributed by atoms with Gasteiger partial charge < -0.3 is 25.4 Å². The van der Waals surface area contributed by atoms with E-state index in [4.69, 9.17) is 5.84 Å². The first kappa shape index (κ1) is 35.4. The van der Waals surface area contributed by atoms with E-state index in [0.29, 0.717) is 30.4 Å². The molecule has 0 bridgehead atoms. The van der Waals surface area contributed by atoms with Crippen molar-refractivity contribution in [2.75, 3.05) is 44.2 Å². The van der Waals surface area contributed by atoms with Gasteiger partial charge in [0.1, 0.15) is 6.04 Å². The third-order valence-corrected chi connectivity index (χ3v) is 9.21. The Morgan fingerprint density at radius 3 is 2.26 bits per heavy atom. The molecule has 1 aromatic carbocycles. The standard InChI is InChI=1S/C25H31N5O4.C8H14N2.C3H6/c31-22-7-6-21(23(32)26-22)30-15-16-10-19(4-5-20(16)24(30)33)28-11-17(12-28)18-13-29(14-18)25(34)27-8-2-1-3-9-27;1-7(2)4-5-8(3)6-10-9;1-3-2/h4-5,10,17-18,21H,1-3,6-9,11-15H2,(H,26,31,32);4-6H,9H2,1-3H3;3H,1H2,2H3/b;8-5+,10-6+;. The van der Waals surface area contributed by atoms with Crippen molar-refractivity contribution in [3.05, 3.63) is 65.3 Å². The van der Waals surface area contributed by atoms with Crippen molar-refractivity contribution in [1.82, 2.24) is 20.0 Å². The van der Waals surface area contributed by atoms with Crippen LogP contribution in [0.2, 0.25) is 0 Å². The van der Waals surface area contributed by atoms with Gasteiger partial charge in [-0.05, 0) is 82.7 Å². The smallest absolute Gasteiger partial charge is 0.320 e. The summed E-state index contributed by atoms with van der Waals surface area (Å²) in [5.74, 6) is 5.33. The number of nitrogens with one attached hydrogen (secondary N) is 1. The number of likely N-dealkylation sites (tertiary alicyclic amines) is 2. The van der Waals surface area contributed by atoms with E-state index < -0.39 is 6.04 Å². The number of carbonyl (C=O) groups is 4. The number of nitrogens with two attached hydrogens (primary N) is 1. The Morgan fingerprint density at radius 2 is 1.64 bits per heavy atom. The van der Waals surface area contributed by atoms with Gasteiger partial charge in [-0.3, -0.25) is 19.7 Å². The minimum atomic E-state index is -0.580. The Morgan fingerprint density at radius 1 is 0.979 bits per heavy atom. The third-order valence-electron chi connectivity index (χ3n) is 9.21. The zero-order valence-electron chi connectivity index (χ0n) is 28.4. The van der Waals surface area contributed by atoms with Gasteiger partial charge in [0.25, 0.3) is 5.91 Å². The molecule has 1 atom stereocenters. The highest BCUT2D eigenvalue weighted by atomic mass is 16.2. The van der Waals surface area contributed by atoms with Gasteiger partial charge >= 0.3 is 6.03 Å². The number of amides is 5. The van der Waals surface area contributed by atoms with E-state index in [1.54, 1.807) is 17.2 Å². The molecule has 0 saturated carbocycles. The summed E-state index contributed by atoms with van der Waals surface area (Å²) in [5.41, 5.74) is 5.02. The lowest BCUT2D eigenvalue weighted by molar-refractivity contribution is -0.136. The van der Waals surface area contributed by atoms with Crippen LogP contribution in [0.4, 0.5) is 10.5 Å². The van der Waals surface area contributed by atoms with Crippen molar-refractivity contribution < 1.29 is 19.2 Å². The number of fused-ring (bicyclic) bond motifs is 1. The van der Waals surface area contributed by atoms with Gasteiger partial charge in [-0.2, -0.15) is 5.10 Å². The van der Waals surface area contributed by atoms with Crippen LogP contribution in [0.25, 0.3) is 0 Å². The Bertz CT molecular complexity index is 1410. The van der Waals surface area contributed by atoms with Crippen LogP contribution in [-0.4, -0.2) is 90.0 Å². The first-order valence-corrected chi connectivity index (χ1v) is 16.7. The van der Waals surface area contributed by atoms with Crippen LogP contribution >= 0.6 is 0 Å². The Kier molecular flexibility index (Phi) is 12.4. The molecule has 1 unspecified atom stereocenters. The zero-order valence-corrected chi connectivity index (χ0v) is 28.4. The second kappa shape index (κ2) is 16.4. The summed E-state index contributed by atoms with van der Waals surface area (Å²) in [6, 6.07) is 5.57. The number of hydrogen-bond acceptors (Lipinski definition) is 7. The lowest BCUT2D eigenvalue weighted by Gasteiger charge is -2.52. The molecule has 254 valence electrons. The van der Waals surface area contributed by atoms with E-state index in [0.717, 1.165) is 68.9 Å². The number of piperidine rings is 2. The highest BCUT2D eigenvalue weighted by Gasteiger charge is 2.44. The average molecular weight is 646 g/mol. The molecule has 0 aliphatic carbocycles. The summed E-state index contributed by atoms with van der Waals surface area (Å²) in [5, 5.41) is 5.74. The predicted molar refractivity (Wildman–Crippen MR) is 186 cm³/mol. The lowest BCUT2D eigenvalue weighted by atomic mass is 9.80. The third kappa shape index (κ3) is 8.90. The second-order valence-electron chi connectivity index (χ2n) is 13.2. The summed E-state index contributed by atoms with van der Waals surface area (Å²) < 4.78 is 0. The summed E-state index contributed by atoms with van der Waals surface area (Å²) in [6.45, 7) is 17.2. The maximum absolute atomic E-state index is 12.9. The maximum Gasteiger partial charge on any atom is 0.320 e. The van der Waals surface area contributed by atoms with Crippen LogP contribution in [0, 0.1) is 11.8 Å². The van der Waals surface area contributed by atoms with Crippen LogP contribution in [0.15, 0.2) is 59.3 Å². The fraction of sp³-hybridized carbons (Fsp3) is 0.528. The molecule has 11 nitrogen and oxygen atoms in total. The molecule has 5 heterocycles. The number of urea groups is 1. The summed E-state index contributed by atoms with van der Waals surface area (Å²) in [6.07, 6.45) is 11.5. The molecule has 3 N–H and O–H groups in total. The molecule has 4 fully saturated rings. The number of benzene rings is 1. The van der Waals surface area contributed by atoms with Gasteiger partial charge in [-0.25, -0.2) is 4.79 Å². The highest BCUT2D eigenvalue weighted by Crippen LogP contribution is 2.37. The van der Waals surface area contributed by atoms with Gasteiger partial charge in [0.15, 0.2) is 0 Å². The van der Waals surface area contributed by atoms with E-state index >= 15 is 0 Å². The predicted octanol–water partition coefficient (Wildman–Crippen LogP) is 4.46. The van der Waals surface area contributed by atoms with E-state index in [1.165, 1.54) is 12.0 Å². The van der Waals surface area contributed by atoms with Crippen molar-refractivity contribution >= 4 is 35.7 Å². The van der Waals surface area contributed by atoms with Crippen molar-refractivity contribution in [3.63, 3.8) is 0 Å². The van der Waals surface area contributed by atoms with Crippen molar-refractivity contribution in [1.29, 1.82) is 0 Å². The van der Waals surface area contributed by atoms with Gasteiger partial charge in [0.05, 0.1) is 0 Å². The van der Waals surface area contributed by atoms with Gasteiger partial charge in [-0.1, -0.05) is 23.8 Å². The molecular formula is C36H51N7O4. The first-order valence-electron chi connectivity index (χ1n) is 16.7. The Balaban J connectivity index is 0.000000329. The fourth-order valence-electron chi connectivity index (χ4n) is 6.49. The zero-order chi connectivity index (χ0) is 34.1. The van der Waals surface area contributed by atoms with Gasteiger partial charge in [-0.15, -0.1) is 6.58 Å². The summed E-state index contributed by atoms with van der Waals surface area (Å²) in [4.78, 5) is 57.2. The van der Waals surface area contributed by atoms with Gasteiger partial charge in [0, 0.05) is 81.5 Å². The molecule has 11 heteroatoms. The minimum Gasteiger partial charge on any atom is -0.371 e. The first-order chi connectivity index (χ1) is 22.6. The molecule has 1 aromatic rings. The quantitative estimate of drug-likeness (QED) is 0.121. The monoisotopic (exact) mass is 645 g/mol. The second-order valence-corrected chi connectivity index (χ2v) is 13.2. The number of rotatable bonds is 5. The molecule has 0 spiro atoms. The molecule has 47 heavy (non-hydrogen) atoms. The number of hydrazone groups is 1. The summed E-state index contributed by atoms with van der Waals surface area (Å²) >= 11 is 0. The van der Waals surface area contributed by atoms with Crippen LogP contribution in [0.1, 0.15) is 75.7 Å². The molecule has 0 radical (unpaired) electrons. The van der Waals surface area contributed by atoms with Crippen LogP contribution in [0.5, 0.6) is 0 Å². The molecule has 5 aliphatic heterocycles. The van der Waals surface area contributed by atoms with E-state index in [1.807, 2.05) is 61.8 Å². The number of nitrogens with zero attached hydrogens (tertiary/aromatic N) is 5. The number of carbonyl (C=O) groups excluding carboxylic acids is 4. The molecule has 4 saturated heterocycles. The topological polar surface area (TPSA) is 132 Å². The minimum absolute atomic E-state index is 0.134. The number of allylic oxidation sites excluding steroid dienone is 5. The Labute approximate surface area is 279 Å². The van der Waals surface area contributed by atoms with E-state index in [-0.39, 0.29) is 30.2 Å². The van der Waals surface area contributed by atoms with Crippen molar-refractivity contribution in [3.8, 4) is 0 Å². The molecule has 5 amide bonds. The van der Waals surface area contributed by atoms with Crippen molar-refractivity contribution in [2.24, 2.45) is 22.8 Å². The normalized spacial score (nSPS) is 21.5. The molecule has 0 aromatic heterocycles. The van der Waals surface area contributed by atoms with Crippen molar-refractivity contribution in [2.45, 2.75) is 72.4 Å². The molecular weight excluding hydrogens is 594 g/mol. The summed E-state index contributed by atoms with van der Waals surface area (Å²) in [7, 11) is 0. The fourth-order valence-corrected chi connectivity index (χ4v) is 6.49. The highest BCUT2D eigenvalue weighted by molar-refractivity contribution is 6.05. The average Bonchev–Trinajstić information content (AvgIpc) is 3.32. The maximum atomic E-state index is 12.9. The molecule has 5 aliphatic rings. The largest absolute Gasteiger partial charge is 0.371 e. The van der Waals surface area contributed by atoms with Gasteiger partial charge in [0.2, 0.25) is 11.8 Å². The number of imide groups is 1. The molecule has 6 rings (SSSR count). The SMILES string of the molecule is C=CC.CC(C)=C/C=C(C)/C=N/N.O=C1CCC(N2Cc3cc(N4CC(C5CN(C(=O)N6CCCCC6)C5)C4)ccc3C2=O)C(=O)N1.